The molecule has 9 nitrogen and oxygen atoms in total. The number of rotatable bonds is 6. The molecule has 2 saturated heterocycles. The molecule has 6 unspecified atom stereocenters. The first-order valence-corrected chi connectivity index (χ1v) is 16.8. The molecule has 4 amide bonds. The fourth-order valence-corrected chi connectivity index (χ4v) is 9.23. The minimum Gasteiger partial charge on any atom is -0.504 e. The van der Waals surface area contributed by atoms with Gasteiger partial charge in [0.05, 0.1) is 30.1 Å². The summed E-state index contributed by atoms with van der Waals surface area (Å²) in [5, 5.41) is 11.3. The molecule has 3 aromatic carbocycles. The van der Waals surface area contributed by atoms with Crippen molar-refractivity contribution in [2.45, 2.75) is 28.5 Å². The number of aromatic hydroxyl groups is 1. The smallest absolute Gasteiger partial charge is 0.254 e. The van der Waals surface area contributed by atoms with Gasteiger partial charge in [0, 0.05) is 22.6 Å². The summed E-state index contributed by atoms with van der Waals surface area (Å²) in [6.07, 6.45) is 1.77. The number of hydrogen-bond donors (Lipinski definition) is 1. The average Bonchev–Trinajstić information content (AvgIpc) is 3.42. The highest BCUT2D eigenvalue weighted by molar-refractivity contribution is 9.09. The minimum atomic E-state index is -2.05. The van der Waals surface area contributed by atoms with E-state index in [-0.39, 0.29) is 41.1 Å². The summed E-state index contributed by atoms with van der Waals surface area (Å²) >= 11 is 17.7. The molecule has 4 aliphatic rings. The first kappa shape index (κ1) is 31.6. The highest BCUT2D eigenvalue weighted by Crippen LogP contribution is 2.66. The van der Waals surface area contributed by atoms with Crippen LogP contribution in [0.15, 0.2) is 84.4 Å². The fourth-order valence-electron chi connectivity index (χ4n) is 7.81. The number of amides is 4. The Balaban J connectivity index is 1.30. The molecule has 0 bridgehead atoms. The molecule has 3 aromatic rings. The van der Waals surface area contributed by atoms with Gasteiger partial charge in [-0.1, -0.05) is 70.0 Å². The number of phenolic OH excluding ortho intramolecular Hbond substituents is 1. The van der Waals surface area contributed by atoms with Crippen molar-refractivity contribution in [3.63, 3.8) is 0 Å². The van der Waals surface area contributed by atoms with Crippen molar-refractivity contribution in [1.29, 1.82) is 0 Å². The third-order valence-electron chi connectivity index (χ3n) is 10.00. The van der Waals surface area contributed by atoms with E-state index < -0.39 is 57.0 Å². The van der Waals surface area contributed by atoms with Gasteiger partial charge in [-0.15, -0.1) is 23.2 Å². The lowest BCUT2D eigenvalue weighted by atomic mass is 9.56. The number of ether oxygens (including phenoxy) is 1. The Kier molecular flexibility index (Phi) is 7.61. The van der Waals surface area contributed by atoms with Crippen LogP contribution in [0.4, 0.5) is 5.69 Å². The van der Waals surface area contributed by atoms with Crippen LogP contribution in [-0.2, 0) is 19.2 Å². The molecule has 6 atom stereocenters. The Bertz CT molecular complexity index is 1900. The maximum Gasteiger partial charge on any atom is 0.254 e. The Morgan fingerprint density at radius 1 is 0.915 bits per heavy atom. The Morgan fingerprint density at radius 2 is 1.60 bits per heavy atom. The number of nitrogens with zero attached hydrogens (tertiary/aromatic N) is 2. The Hall–Kier alpha value is -3.99. The lowest BCUT2D eigenvalue weighted by Gasteiger charge is -2.50. The summed E-state index contributed by atoms with van der Waals surface area (Å²) in [6, 6.07) is 19.8. The van der Waals surface area contributed by atoms with Gasteiger partial charge in [-0.2, -0.15) is 0 Å². The summed E-state index contributed by atoms with van der Waals surface area (Å²) in [5.41, 5.74) is 1.82. The molecular formula is C35H27BrCl2N2O7. The third kappa shape index (κ3) is 4.30. The zero-order valence-corrected chi connectivity index (χ0v) is 28.0. The van der Waals surface area contributed by atoms with E-state index in [1.165, 1.54) is 7.11 Å². The van der Waals surface area contributed by atoms with E-state index in [1.54, 1.807) is 72.8 Å². The molecular weight excluding hydrogens is 711 g/mol. The zero-order valence-electron chi connectivity index (χ0n) is 24.9. The number of likely N-dealkylation sites (tertiary alicyclic amines) is 1. The monoisotopic (exact) mass is 736 g/mol. The number of hydrogen-bond acceptors (Lipinski definition) is 7. The molecule has 0 spiro atoms. The van der Waals surface area contributed by atoms with Crippen molar-refractivity contribution in [3.05, 3.63) is 101 Å². The van der Waals surface area contributed by atoms with Gasteiger partial charge in [-0.3, -0.25) is 33.8 Å². The van der Waals surface area contributed by atoms with E-state index >= 15 is 0 Å². The van der Waals surface area contributed by atoms with Crippen molar-refractivity contribution in [2.24, 2.45) is 17.8 Å². The van der Waals surface area contributed by atoms with Gasteiger partial charge in [0.1, 0.15) is 0 Å². The van der Waals surface area contributed by atoms with Crippen LogP contribution in [0, 0.1) is 17.8 Å². The van der Waals surface area contributed by atoms with Crippen LogP contribution in [0.2, 0.25) is 0 Å². The quantitative estimate of drug-likeness (QED) is 0.116. The Morgan fingerprint density at radius 3 is 2.26 bits per heavy atom. The van der Waals surface area contributed by atoms with Crippen LogP contribution in [-0.4, -0.2) is 61.7 Å². The van der Waals surface area contributed by atoms with Gasteiger partial charge >= 0.3 is 0 Å². The van der Waals surface area contributed by atoms with Gasteiger partial charge in [-0.25, -0.2) is 0 Å². The minimum absolute atomic E-state index is 0.126. The van der Waals surface area contributed by atoms with Gasteiger partial charge in [-0.05, 0) is 49.1 Å². The molecule has 7 rings (SSSR count). The number of halogens is 3. The van der Waals surface area contributed by atoms with Crippen molar-refractivity contribution >= 4 is 74.2 Å². The predicted molar refractivity (Wildman–Crippen MR) is 177 cm³/mol. The first-order valence-electron chi connectivity index (χ1n) is 14.9. The van der Waals surface area contributed by atoms with Crippen molar-refractivity contribution in [2.75, 3.05) is 17.5 Å². The largest absolute Gasteiger partial charge is 0.504 e. The molecule has 0 aromatic heterocycles. The van der Waals surface area contributed by atoms with E-state index in [9.17, 15) is 29.1 Å². The topological polar surface area (TPSA) is 121 Å². The van der Waals surface area contributed by atoms with Gasteiger partial charge < -0.3 is 9.84 Å². The van der Waals surface area contributed by atoms with Crippen LogP contribution >= 0.6 is 39.1 Å². The Labute approximate surface area is 288 Å². The van der Waals surface area contributed by atoms with E-state index in [4.69, 9.17) is 27.9 Å². The van der Waals surface area contributed by atoms with Gasteiger partial charge in [0.25, 0.3) is 11.8 Å². The van der Waals surface area contributed by atoms with Crippen LogP contribution in [0.3, 0.4) is 0 Å². The number of anilines is 1. The van der Waals surface area contributed by atoms with Gasteiger partial charge in [0.15, 0.2) is 27.0 Å². The molecule has 1 saturated carbocycles. The highest BCUT2D eigenvalue weighted by Gasteiger charge is 2.76. The molecule has 1 N–H and O–H groups in total. The summed E-state index contributed by atoms with van der Waals surface area (Å²) < 4.78 is 5.34. The number of allylic oxidation sites excluding steroid dienone is 2. The van der Waals surface area contributed by atoms with Gasteiger partial charge in [0.2, 0.25) is 11.8 Å². The van der Waals surface area contributed by atoms with E-state index in [1.807, 2.05) is 6.07 Å². The van der Waals surface area contributed by atoms with E-state index in [0.29, 0.717) is 22.4 Å². The lowest BCUT2D eigenvalue weighted by molar-refractivity contribution is -0.138. The average molecular weight is 738 g/mol. The third-order valence-corrected chi connectivity index (χ3v) is 11.9. The number of alkyl halides is 3. The number of methoxy groups -OCH3 is 1. The fraction of sp³-hybridized carbons (Fsp3) is 0.286. The van der Waals surface area contributed by atoms with Crippen LogP contribution in [0.5, 0.6) is 11.5 Å². The summed E-state index contributed by atoms with van der Waals surface area (Å²) in [6.45, 7) is 0. The van der Waals surface area contributed by atoms with Crippen molar-refractivity contribution < 1.29 is 33.8 Å². The summed E-state index contributed by atoms with van der Waals surface area (Å²) in [7, 11) is 1.38. The van der Waals surface area contributed by atoms with Crippen LogP contribution in [0.25, 0.3) is 0 Å². The number of carbonyl (C=O) groups is 5. The second-order valence-corrected chi connectivity index (χ2v) is 13.9. The maximum absolute atomic E-state index is 14.3. The molecule has 47 heavy (non-hydrogen) atoms. The first-order chi connectivity index (χ1) is 22.5. The molecule has 2 aliphatic heterocycles. The predicted octanol–water partition coefficient (Wildman–Crippen LogP) is 5.55. The number of para-hydroxylation sites is 1. The van der Waals surface area contributed by atoms with Crippen LogP contribution in [0.1, 0.15) is 40.2 Å². The molecule has 12 heteroatoms. The number of imide groups is 2. The molecule has 2 heterocycles. The molecule has 0 radical (unpaired) electrons. The molecule has 2 aliphatic carbocycles. The second kappa shape index (κ2) is 11.3. The second-order valence-electron chi connectivity index (χ2n) is 12.1. The number of carbonyl (C=O) groups excluding carboxylic acids is 5. The van der Waals surface area contributed by atoms with Crippen molar-refractivity contribution in [3.8, 4) is 11.5 Å². The summed E-state index contributed by atoms with van der Waals surface area (Å²) in [4.78, 5) is 66.9. The SMILES string of the molecule is COc1cccc(C2C3=CCC4C(=O)N(c5ccc(C(=O)c6ccccc6)cc5)C(=O)C4C3CC3(Cl)C(=O)N(CBr)C(=O)C23Cl)c1O. The standard InChI is InChI=1S/C35H27BrCl2N2O7/c1-47-25-9-5-8-23(29(25)42)27-21-14-15-22-26(24(21)16-34(37)32(45)39(17-36)33(46)35(27,34)38)31(44)40(30(22)43)20-12-10-19(11-13-20)28(41)18-6-3-2-4-7-18/h2-14,22,24,26-27,42H,15-17H2,1H3. The number of fused-ring (bicyclic) bond motifs is 4. The van der Waals surface area contributed by atoms with E-state index in [2.05, 4.69) is 15.9 Å². The number of ketones is 1. The van der Waals surface area contributed by atoms with E-state index in [0.717, 1.165) is 9.80 Å². The zero-order chi connectivity index (χ0) is 33.4. The van der Waals surface area contributed by atoms with Crippen molar-refractivity contribution in [1.82, 2.24) is 4.90 Å². The molecule has 3 fully saturated rings. The van der Waals surface area contributed by atoms with Crippen LogP contribution < -0.4 is 9.64 Å². The normalized spacial score (nSPS) is 29.7. The maximum atomic E-state index is 14.3. The number of benzene rings is 3. The molecule has 240 valence electrons. The highest BCUT2D eigenvalue weighted by atomic mass is 79.9. The number of phenols is 1. The summed E-state index contributed by atoms with van der Waals surface area (Å²) in [5.74, 6) is -6.27. The lowest BCUT2D eigenvalue weighted by Crippen LogP contribution is -2.60.